The van der Waals surface area contributed by atoms with Crippen molar-refractivity contribution < 1.29 is 14.4 Å². The van der Waals surface area contributed by atoms with Crippen molar-refractivity contribution in [1.29, 1.82) is 5.26 Å². The van der Waals surface area contributed by atoms with Crippen LogP contribution in [0.15, 0.2) is 12.1 Å². The lowest BCUT2D eigenvalue weighted by Crippen LogP contribution is -2.32. The van der Waals surface area contributed by atoms with Crippen LogP contribution in [0.4, 0.5) is 0 Å². The van der Waals surface area contributed by atoms with Crippen LogP contribution in [-0.4, -0.2) is 23.3 Å². The van der Waals surface area contributed by atoms with Gasteiger partial charge in [-0.1, -0.05) is 36.5 Å². The summed E-state index contributed by atoms with van der Waals surface area (Å²) in [6, 6.07) is 3.66. The molecule has 1 amide bonds. The smallest absolute Gasteiger partial charge is 0.253 e. The van der Waals surface area contributed by atoms with Crippen molar-refractivity contribution in [2.24, 2.45) is 5.41 Å². The molecule has 5 nitrogen and oxygen atoms in total. The maximum Gasteiger partial charge on any atom is 0.253 e. The number of carbonyl (C=O) groups excluding carboxylic acids is 2. The first-order valence-electron chi connectivity index (χ1n) is 8.92. The number of amides is 1. The molecule has 0 radical (unpaired) electrons. The molecule has 0 heterocycles. The Balaban J connectivity index is 2.08. The van der Waals surface area contributed by atoms with Gasteiger partial charge in [0.2, 0.25) is 0 Å². The zero-order chi connectivity index (χ0) is 19.8. The summed E-state index contributed by atoms with van der Waals surface area (Å²) in [6.45, 7) is 3.21. The zero-order valence-corrected chi connectivity index (χ0v) is 16.8. The third-order valence-corrected chi connectivity index (χ3v) is 6.13. The Morgan fingerprint density at radius 3 is 2.78 bits per heavy atom. The molecule has 0 N–H and O–H groups in total. The van der Waals surface area contributed by atoms with E-state index >= 15 is 0 Å². The van der Waals surface area contributed by atoms with Gasteiger partial charge in [0.1, 0.15) is 11.6 Å². The maximum absolute atomic E-state index is 12.1. The van der Waals surface area contributed by atoms with Crippen molar-refractivity contribution in [3.8, 4) is 11.8 Å². The van der Waals surface area contributed by atoms with Crippen LogP contribution in [0.1, 0.15) is 50.7 Å². The summed E-state index contributed by atoms with van der Waals surface area (Å²) in [5.74, 6) is -0.0642. The molecule has 3 rings (SSSR count). The second-order valence-corrected chi connectivity index (χ2v) is 7.83. The van der Waals surface area contributed by atoms with E-state index in [0.717, 1.165) is 47.4 Å². The van der Waals surface area contributed by atoms with Crippen LogP contribution in [0, 0.1) is 16.7 Å². The zero-order valence-electron chi connectivity index (χ0n) is 15.3. The molecule has 0 aromatic heterocycles. The number of hydrogen-bond donors (Lipinski definition) is 0. The van der Waals surface area contributed by atoms with Crippen LogP contribution >= 0.6 is 23.2 Å². The number of ketones is 1. The van der Waals surface area contributed by atoms with Gasteiger partial charge in [0, 0.05) is 24.3 Å². The van der Waals surface area contributed by atoms with E-state index < -0.39 is 5.91 Å². The molecule has 0 saturated heterocycles. The number of allylic oxidation sites excluding steroid dienone is 2. The van der Waals surface area contributed by atoms with Gasteiger partial charge in [0.05, 0.1) is 11.1 Å². The van der Waals surface area contributed by atoms with Crippen molar-refractivity contribution in [1.82, 2.24) is 5.06 Å². The quantitative estimate of drug-likeness (QED) is 0.522. The third-order valence-electron chi connectivity index (χ3n) is 5.28. The van der Waals surface area contributed by atoms with Gasteiger partial charge in [0.25, 0.3) is 5.91 Å². The second-order valence-electron chi connectivity index (χ2n) is 7.07. The van der Waals surface area contributed by atoms with Crippen molar-refractivity contribution in [2.45, 2.75) is 46.0 Å². The summed E-state index contributed by atoms with van der Waals surface area (Å²) in [7, 11) is 0. The van der Waals surface area contributed by atoms with Crippen LogP contribution < -0.4 is 4.84 Å². The van der Waals surface area contributed by atoms with Crippen molar-refractivity contribution in [3.63, 3.8) is 0 Å². The normalized spacial score (nSPS) is 20.4. The van der Waals surface area contributed by atoms with Crippen LogP contribution in [-0.2, 0) is 16.0 Å². The standard InChI is InChI=1S/C20H20Cl2N2O3/c1-3-5-20-6-4-14(26)10-15(20)17-13(11-20)9-16(18(21)19(17)22)27-24(8-7-23)12(2)25/h9-10H,3-6,8,11H2,1-2H3. The highest BCUT2D eigenvalue weighted by atomic mass is 35.5. The summed E-state index contributed by atoms with van der Waals surface area (Å²) >= 11 is 13.0. The number of nitriles is 1. The summed E-state index contributed by atoms with van der Waals surface area (Å²) < 4.78 is 0. The summed E-state index contributed by atoms with van der Waals surface area (Å²) in [5, 5.41) is 10.3. The molecular weight excluding hydrogens is 387 g/mol. The third kappa shape index (κ3) is 3.44. The highest BCUT2D eigenvalue weighted by Crippen LogP contribution is 2.58. The Morgan fingerprint density at radius 1 is 1.41 bits per heavy atom. The number of rotatable bonds is 5. The first-order chi connectivity index (χ1) is 12.8. The number of nitrogens with zero attached hydrogens (tertiary/aromatic N) is 2. The summed E-state index contributed by atoms with van der Waals surface area (Å²) in [6.07, 6.45) is 5.74. The van der Waals surface area contributed by atoms with Gasteiger partial charge >= 0.3 is 0 Å². The molecule has 2 aliphatic carbocycles. The first kappa shape index (κ1) is 19.7. The number of benzene rings is 1. The van der Waals surface area contributed by atoms with Gasteiger partial charge < -0.3 is 4.84 Å². The van der Waals surface area contributed by atoms with Gasteiger partial charge in [-0.25, -0.2) is 0 Å². The predicted octanol–water partition coefficient (Wildman–Crippen LogP) is 4.75. The average molecular weight is 407 g/mol. The second kappa shape index (κ2) is 7.53. The maximum atomic E-state index is 12.1. The van der Waals surface area contributed by atoms with E-state index in [1.165, 1.54) is 6.92 Å². The predicted molar refractivity (Wildman–Crippen MR) is 103 cm³/mol. The molecular formula is C20H20Cl2N2O3. The molecule has 1 unspecified atom stereocenters. The molecule has 27 heavy (non-hydrogen) atoms. The van der Waals surface area contributed by atoms with E-state index in [-0.39, 0.29) is 28.5 Å². The minimum absolute atomic E-state index is 0.105. The Kier molecular flexibility index (Phi) is 5.50. The van der Waals surface area contributed by atoms with Crippen molar-refractivity contribution >= 4 is 40.5 Å². The Labute approximate surface area is 168 Å². The lowest BCUT2D eigenvalue weighted by Gasteiger charge is -2.33. The average Bonchev–Trinajstić information content (AvgIpc) is 2.92. The van der Waals surface area contributed by atoms with Gasteiger partial charge in [-0.3, -0.25) is 9.59 Å². The first-order valence-corrected chi connectivity index (χ1v) is 9.68. The fourth-order valence-corrected chi connectivity index (χ4v) is 4.64. The lowest BCUT2D eigenvalue weighted by molar-refractivity contribution is -0.152. The van der Waals surface area contributed by atoms with Gasteiger partial charge in [-0.05, 0) is 42.5 Å². The molecule has 1 aromatic carbocycles. The highest BCUT2D eigenvalue weighted by Gasteiger charge is 2.45. The molecule has 0 spiro atoms. The van der Waals surface area contributed by atoms with E-state index in [1.807, 2.05) is 6.07 Å². The molecule has 142 valence electrons. The van der Waals surface area contributed by atoms with E-state index in [4.69, 9.17) is 33.3 Å². The number of fused-ring (bicyclic) bond motifs is 3. The fourth-order valence-electron chi connectivity index (χ4n) is 4.14. The molecule has 7 heteroatoms. The van der Waals surface area contributed by atoms with Crippen molar-refractivity contribution in [3.05, 3.63) is 33.3 Å². The molecule has 0 saturated carbocycles. The lowest BCUT2D eigenvalue weighted by atomic mass is 9.70. The van der Waals surface area contributed by atoms with Crippen molar-refractivity contribution in [2.75, 3.05) is 6.54 Å². The van der Waals surface area contributed by atoms with Crippen LogP contribution in [0.5, 0.6) is 5.75 Å². The Morgan fingerprint density at radius 2 is 2.15 bits per heavy atom. The molecule has 0 aliphatic heterocycles. The van der Waals surface area contributed by atoms with E-state index in [2.05, 4.69) is 6.92 Å². The summed E-state index contributed by atoms with van der Waals surface area (Å²) in [4.78, 5) is 29.3. The van der Waals surface area contributed by atoms with Crippen LogP contribution in [0.2, 0.25) is 10.0 Å². The minimum atomic E-state index is -0.409. The van der Waals surface area contributed by atoms with Gasteiger partial charge in [0.15, 0.2) is 11.5 Å². The van der Waals surface area contributed by atoms with E-state index in [9.17, 15) is 9.59 Å². The summed E-state index contributed by atoms with van der Waals surface area (Å²) in [5.41, 5.74) is 2.62. The molecule has 0 fully saturated rings. The monoisotopic (exact) mass is 406 g/mol. The largest absolute Gasteiger partial charge is 0.374 e. The van der Waals surface area contributed by atoms with Gasteiger partial charge in [-0.2, -0.15) is 10.3 Å². The Hall–Kier alpha value is -2.03. The van der Waals surface area contributed by atoms with Gasteiger partial charge in [-0.15, -0.1) is 0 Å². The SMILES string of the molecule is CCCC12CCC(=O)C=C1c1c(cc(ON(CC#N)C(C)=O)c(Cl)c1Cl)C2. The number of hydroxylamine groups is 2. The number of hydrogen-bond acceptors (Lipinski definition) is 4. The molecule has 1 aromatic rings. The highest BCUT2D eigenvalue weighted by molar-refractivity contribution is 6.44. The molecule has 1 atom stereocenters. The fraction of sp³-hybridized carbons (Fsp3) is 0.450. The molecule has 0 bridgehead atoms. The Bertz CT molecular complexity index is 888. The number of halogens is 2. The van der Waals surface area contributed by atoms with E-state index in [1.54, 1.807) is 12.1 Å². The topological polar surface area (TPSA) is 70.4 Å². The van der Waals surface area contributed by atoms with Crippen LogP contribution in [0.25, 0.3) is 5.57 Å². The van der Waals surface area contributed by atoms with Crippen LogP contribution in [0.3, 0.4) is 0 Å². The minimum Gasteiger partial charge on any atom is -0.374 e. The van der Waals surface area contributed by atoms with E-state index in [0.29, 0.717) is 11.4 Å². The molecule has 2 aliphatic rings. The number of carbonyl (C=O) groups is 2.